The van der Waals surface area contributed by atoms with E-state index in [0.717, 1.165) is 29.1 Å². The molecule has 1 aliphatic heterocycles. The number of hydrogen-bond acceptors (Lipinski definition) is 4. The topological polar surface area (TPSA) is 68.3 Å². The summed E-state index contributed by atoms with van der Waals surface area (Å²) >= 11 is 0. The van der Waals surface area contributed by atoms with E-state index < -0.39 is 24.0 Å². The fourth-order valence-electron chi connectivity index (χ4n) is 4.12. The molecular weight excluding hydrogens is 397 g/mol. The zero-order valence-electron chi connectivity index (χ0n) is 17.0. The Kier molecular flexibility index (Phi) is 5.03. The smallest absolute Gasteiger partial charge is 0.332 e. The summed E-state index contributed by atoms with van der Waals surface area (Å²) in [4.78, 5) is 19.2. The standard InChI is InChI=1S/C20H23F3N6O/c1-12-10-17(20(21,22)23)29-18(25-12)11-15(26-29)16-6-4-5-9-27(16)19(30)14(3)28-13(2)7-8-24-28/h7-8,10-11,14,16H,4-6,9H2,1-3H3/t14-,16+/m1/s1. The quantitative estimate of drug-likeness (QED) is 0.645. The average molecular weight is 420 g/mol. The molecule has 0 saturated carbocycles. The molecular formula is C20H23F3N6O. The van der Waals surface area contributed by atoms with E-state index in [9.17, 15) is 18.0 Å². The normalized spacial score (nSPS) is 18.7. The first-order valence-corrected chi connectivity index (χ1v) is 9.92. The minimum absolute atomic E-state index is 0.122. The molecule has 30 heavy (non-hydrogen) atoms. The molecule has 0 spiro atoms. The summed E-state index contributed by atoms with van der Waals surface area (Å²) in [6.45, 7) is 5.71. The fourth-order valence-corrected chi connectivity index (χ4v) is 4.12. The molecule has 3 aromatic rings. The maximum Gasteiger partial charge on any atom is 0.433 e. The van der Waals surface area contributed by atoms with Gasteiger partial charge in [-0.25, -0.2) is 9.50 Å². The van der Waals surface area contributed by atoms with E-state index in [0.29, 0.717) is 18.7 Å². The molecule has 1 aliphatic rings. The summed E-state index contributed by atoms with van der Waals surface area (Å²) in [6.07, 6.45) is -0.562. The second-order valence-electron chi connectivity index (χ2n) is 7.76. The van der Waals surface area contributed by atoms with Gasteiger partial charge in [0.2, 0.25) is 5.91 Å². The van der Waals surface area contributed by atoms with Crippen LogP contribution in [0.3, 0.4) is 0 Å². The molecule has 0 radical (unpaired) electrons. The molecule has 4 rings (SSSR count). The molecule has 0 aliphatic carbocycles. The third kappa shape index (κ3) is 3.54. The van der Waals surface area contributed by atoms with Gasteiger partial charge in [-0.05, 0) is 52.2 Å². The van der Waals surface area contributed by atoms with Crippen molar-refractivity contribution in [2.75, 3.05) is 6.54 Å². The number of rotatable bonds is 3. The molecule has 0 unspecified atom stereocenters. The van der Waals surface area contributed by atoms with Crippen LogP contribution in [0.15, 0.2) is 24.4 Å². The molecule has 3 aromatic heterocycles. The SMILES string of the molecule is Cc1cc(C(F)(F)F)n2nc([C@@H]3CCCCN3C(=O)[C@@H](C)n3nccc3C)cc2n1. The lowest BCUT2D eigenvalue weighted by Crippen LogP contribution is -2.42. The van der Waals surface area contributed by atoms with Gasteiger partial charge in [-0.15, -0.1) is 0 Å². The Bertz CT molecular complexity index is 1090. The number of amides is 1. The number of halogens is 3. The van der Waals surface area contributed by atoms with Crippen molar-refractivity contribution in [2.24, 2.45) is 0 Å². The summed E-state index contributed by atoms with van der Waals surface area (Å²) in [5.74, 6) is -0.122. The number of carbonyl (C=O) groups is 1. The first kappa shape index (κ1) is 20.4. The van der Waals surface area contributed by atoms with Gasteiger partial charge in [-0.2, -0.15) is 23.4 Å². The molecule has 1 saturated heterocycles. The van der Waals surface area contributed by atoms with Crippen molar-refractivity contribution in [1.82, 2.24) is 29.3 Å². The Morgan fingerprint density at radius 1 is 1.23 bits per heavy atom. The van der Waals surface area contributed by atoms with Crippen LogP contribution >= 0.6 is 0 Å². The van der Waals surface area contributed by atoms with Gasteiger partial charge >= 0.3 is 6.18 Å². The van der Waals surface area contributed by atoms with E-state index in [1.165, 1.54) is 6.92 Å². The molecule has 7 nitrogen and oxygen atoms in total. The van der Waals surface area contributed by atoms with Crippen LogP contribution in [-0.4, -0.2) is 41.7 Å². The molecule has 10 heteroatoms. The monoisotopic (exact) mass is 420 g/mol. The predicted molar refractivity (Wildman–Crippen MR) is 103 cm³/mol. The van der Waals surface area contributed by atoms with Crippen molar-refractivity contribution in [3.8, 4) is 0 Å². The van der Waals surface area contributed by atoms with E-state index in [2.05, 4.69) is 15.2 Å². The summed E-state index contributed by atoms with van der Waals surface area (Å²) in [5, 5.41) is 8.46. The summed E-state index contributed by atoms with van der Waals surface area (Å²) in [7, 11) is 0. The number of likely N-dealkylation sites (tertiary alicyclic amines) is 1. The van der Waals surface area contributed by atoms with E-state index in [4.69, 9.17) is 0 Å². The third-order valence-corrected chi connectivity index (χ3v) is 5.58. The second kappa shape index (κ2) is 7.41. The number of fused-ring (bicyclic) bond motifs is 1. The minimum atomic E-state index is -4.55. The summed E-state index contributed by atoms with van der Waals surface area (Å²) < 4.78 is 43.0. The predicted octanol–water partition coefficient (Wildman–Crippen LogP) is 3.88. The Labute approximate surface area is 171 Å². The van der Waals surface area contributed by atoms with E-state index in [1.54, 1.807) is 28.8 Å². The van der Waals surface area contributed by atoms with Gasteiger partial charge in [-0.1, -0.05) is 0 Å². The van der Waals surface area contributed by atoms with Crippen molar-refractivity contribution in [1.29, 1.82) is 0 Å². The number of aromatic nitrogens is 5. The Morgan fingerprint density at radius 3 is 2.67 bits per heavy atom. The maximum atomic E-state index is 13.5. The van der Waals surface area contributed by atoms with Crippen LogP contribution in [0.2, 0.25) is 0 Å². The van der Waals surface area contributed by atoms with E-state index in [-0.39, 0.29) is 17.2 Å². The average Bonchev–Trinajstić information content (AvgIpc) is 3.31. The number of aryl methyl sites for hydroxylation is 2. The lowest BCUT2D eigenvalue weighted by Gasteiger charge is -2.36. The summed E-state index contributed by atoms with van der Waals surface area (Å²) in [6, 6.07) is 3.46. The van der Waals surface area contributed by atoms with E-state index >= 15 is 0 Å². The second-order valence-corrected chi connectivity index (χ2v) is 7.76. The Hall–Kier alpha value is -2.91. The minimum Gasteiger partial charge on any atom is -0.332 e. The molecule has 0 N–H and O–H groups in total. The third-order valence-electron chi connectivity index (χ3n) is 5.58. The van der Waals surface area contributed by atoms with Crippen LogP contribution in [0.4, 0.5) is 13.2 Å². The molecule has 1 fully saturated rings. The highest BCUT2D eigenvalue weighted by Gasteiger charge is 2.37. The zero-order valence-corrected chi connectivity index (χ0v) is 17.0. The van der Waals surface area contributed by atoms with Crippen LogP contribution < -0.4 is 0 Å². The Morgan fingerprint density at radius 2 is 2.00 bits per heavy atom. The highest BCUT2D eigenvalue weighted by atomic mass is 19.4. The molecule has 4 heterocycles. The summed E-state index contributed by atoms with van der Waals surface area (Å²) in [5.41, 5.74) is 0.819. The van der Waals surface area contributed by atoms with Gasteiger partial charge in [-0.3, -0.25) is 9.48 Å². The first-order chi connectivity index (χ1) is 14.2. The zero-order chi connectivity index (χ0) is 21.6. The first-order valence-electron chi connectivity index (χ1n) is 9.92. The fraction of sp³-hybridized carbons (Fsp3) is 0.500. The van der Waals surface area contributed by atoms with Crippen LogP contribution in [0.1, 0.15) is 61.0 Å². The van der Waals surface area contributed by atoms with Crippen LogP contribution in [-0.2, 0) is 11.0 Å². The van der Waals surface area contributed by atoms with Gasteiger partial charge < -0.3 is 4.90 Å². The molecule has 0 bridgehead atoms. The largest absolute Gasteiger partial charge is 0.433 e. The van der Waals surface area contributed by atoms with Gasteiger partial charge in [0.1, 0.15) is 11.7 Å². The van der Waals surface area contributed by atoms with Gasteiger partial charge in [0.15, 0.2) is 5.65 Å². The number of carbonyl (C=O) groups excluding carboxylic acids is 1. The van der Waals surface area contributed by atoms with Gasteiger partial charge in [0.05, 0.1) is 11.7 Å². The molecule has 160 valence electrons. The lowest BCUT2D eigenvalue weighted by atomic mass is 9.98. The van der Waals surface area contributed by atoms with Crippen molar-refractivity contribution >= 4 is 11.6 Å². The number of piperidine rings is 1. The highest BCUT2D eigenvalue weighted by Crippen LogP contribution is 2.34. The van der Waals surface area contributed by atoms with Crippen molar-refractivity contribution in [3.05, 3.63) is 47.2 Å². The maximum absolute atomic E-state index is 13.5. The van der Waals surface area contributed by atoms with Crippen LogP contribution in [0.25, 0.3) is 5.65 Å². The van der Waals surface area contributed by atoms with Crippen LogP contribution in [0, 0.1) is 13.8 Å². The van der Waals surface area contributed by atoms with E-state index in [1.807, 2.05) is 13.0 Å². The van der Waals surface area contributed by atoms with Crippen molar-refractivity contribution < 1.29 is 18.0 Å². The number of hydrogen-bond donors (Lipinski definition) is 0. The van der Waals surface area contributed by atoms with Crippen molar-refractivity contribution in [2.45, 2.75) is 58.3 Å². The molecule has 1 amide bonds. The van der Waals surface area contributed by atoms with Crippen LogP contribution in [0.5, 0.6) is 0 Å². The highest BCUT2D eigenvalue weighted by molar-refractivity contribution is 5.80. The van der Waals surface area contributed by atoms with Gasteiger partial charge in [0, 0.05) is 30.2 Å². The lowest BCUT2D eigenvalue weighted by molar-refractivity contribution is -0.143. The Balaban J connectivity index is 1.72. The molecule has 2 atom stereocenters. The van der Waals surface area contributed by atoms with Crippen molar-refractivity contribution in [3.63, 3.8) is 0 Å². The molecule has 0 aromatic carbocycles. The number of alkyl halides is 3. The van der Waals surface area contributed by atoms with Gasteiger partial charge in [0.25, 0.3) is 0 Å². The number of nitrogens with zero attached hydrogens (tertiary/aromatic N) is 6.